The van der Waals surface area contributed by atoms with E-state index in [-0.39, 0.29) is 17.0 Å². The van der Waals surface area contributed by atoms with Crippen molar-refractivity contribution in [2.75, 3.05) is 6.26 Å². The van der Waals surface area contributed by atoms with Crippen LogP contribution in [-0.4, -0.2) is 42.7 Å². The second-order valence-electron chi connectivity index (χ2n) is 8.66. The smallest absolute Gasteiger partial charge is 0.326 e. The zero-order chi connectivity index (χ0) is 25.7. The number of nitrogens with zero attached hydrogens (tertiary/aromatic N) is 1. The first kappa shape index (κ1) is 25.1. The van der Waals surface area contributed by atoms with Gasteiger partial charge in [0, 0.05) is 11.8 Å². The van der Waals surface area contributed by atoms with Crippen molar-refractivity contribution < 1.29 is 23.1 Å². The summed E-state index contributed by atoms with van der Waals surface area (Å²) in [5, 5.41) is 12.3. The monoisotopic (exact) mass is 502 g/mol. The number of carboxylic acid groups (broad SMARTS) is 1. The van der Waals surface area contributed by atoms with Crippen LogP contribution in [0.4, 0.5) is 0 Å². The number of aliphatic carboxylic acids is 1. The first-order valence-corrected chi connectivity index (χ1v) is 13.3. The number of carbonyl (C=O) groups is 2. The third-order valence-corrected chi connectivity index (χ3v) is 7.14. The van der Waals surface area contributed by atoms with Crippen molar-refractivity contribution in [1.82, 2.24) is 10.3 Å². The highest BCUT2D eigenvalue weighted by molar-refractivity contribution is 7.90. The molecular weight excluding hydrogens is 476 g/mol. The summed E-state index contributed by atoms with van der Waals surface area (Å²) in [6, 6.07) is 20.0. The normalized spacial score (nSPS) is 14.4. The van der Waals surface area contributed by atoms with E-state index in [2.05, 4.69) is 10.3 Å². The number of benzene rings is 2. The molecule has 0 radical (unpaired) electrons. The lowest BCUT2D eigenvalue weighted by Crippen LogP contribution is -2.41. The maximum atomic E-state index is 12.9. The first-order chi connectivity index (χ1) is 17.2. The average Bonchev–Trinajstić information content (AvgIpc) is 2.89. The minimum Gasteiger partial charge on any atom is -0.480 e. The van der Waals surface area contributed by atoms with Gasteiger partial charge in [0.25, 0.3) is 5.91 Å². The zero-order valence-electron chi connectivity index (χ0n) is 19.7. The van der Waals surface area contributed by atoms with Gasteiger partial charge in [-0.15, -0.1) is 0 Å². The van der Waals surface area contributed by atoms with Gasteiger partial charge in [-0.3, -0.25) is 4.79 Å². The molecule has 1 heterocycles. The minimum atomic E-state index is -3.32. The number of amides is 1. The van der Waals surface area contributed by atoms with Gasteiger partial charge in [0.2, 0.25) is 0 Å². The molecule has 1 aliphatic rings. The van der Waals surface area contributed by atoms with Gasteiger partial charge >= 0.3 is 5.97 Å². The van der Waals surface area contributed by atoms with Crippen LogP contribution in [0.3, 0.4) is 0 Å². The molecule has 184 valence electrons. The predicted octanol–water partition coefficient (Wildman–Crippen LogP) is 4.53. The van der Waals surface area contributed by atoms with Crippen LogP contribution in [0.2, 0.25) is 0 Å². The highest BCUT2D eigenvalue weighted by atomic mass is 32.2. The number of allylic oxidation sites excluding steroid dienone is 3. The third-order valence-electron chi connectivity index (χ3n) is 6.01. The highest BCUT2D eigenvalue weighted by Gasteiger charge is 2.23. The Bertz CT molecular complexity index is 1440. The summed E-state index contributed by atoms with van der Waals surface area (Å²) in [4.78, 5) is 29.3. The molecular formula is C28H26N2O5S. The van der Waals surface area contributed by atoms with Gasteiger partial charge in [-0.25, -0.2) is 18.2 Å². The fourth-order valence-corrected chi connectivity index (χ4v) is 4.66. The molecule has 2 N–H and O–H groups in total. The van der Waals surface area contributed by atoms with Crippen LogP contribution in [0.15, 0.2) is 95.4 Å². The molecule has 2 aromatic carbocycles. The van der Waals surface area contributed by atoms with E-state index >= 15 is 0 Å². The number of aromatic nitrogens is 1. The van der Waals surface area contributed by atoms with Crippen molar-refractivity contribution >= 4 is 27.3 Å². The van der Waals surface area contributed by atoms with Crippen LogP contribution >= 0.6 is 0 Å². The van der Waals surface area contributed by atoms with Crippen LogP contribution in [-0.2, 0) is 14.6 Å². The lowest BCUT2D eigenvalue weighted by atomic mass is 9.90. The van der Waals surface area contributed by atoms with E-state index in [0.717, 1.165) is 30.2 Å². The summed E-state index contributed by atoms with van der Waals surface area (Å²) in [5.41, 5.74) is 4.49. The molecule has 0 saturated carbocycles. The number of carboxylic acids is 1. The van der Waals surface area contributed by atoms with Gasteiger partial charge in [0.15, 0.2) is 9.84 Å². The molecule has 4 rings (SSSR count). The number of hydrogen-bond acceptors (Lipinski definition) is 5. The van der Waals surface area contributed by atoms with Crippen LogP contribution in [0.25, 0.3) is 16.8 Å². The van der Waals surface area contributed by atoms with Crippen molar-refractivity contribution in [1.29, 1.82) is 0 Å². The number of hydrogen-bond donors (Lipinski definition) is 2. The maximum Gasteiger partial charge on any atom is 0.326 e. The quantitative estimate of drug-likeness (QED) is 0.468. The summed E-state index contributed by atoms with van der Waals surface area (Å²) >= 11 is 0. The molecule has 0 unspecified atom stereocenters. The van der Waals surface area contributed by atoms with Crippen LogP contribution in [0.1, 0.15) is 35.3 Å². The molecule has 1 atom stereocenters. The van der Waals surface area contributed by atoms with Crippen molar-refractivity contribution in [3.8, 4) is 11.3 Å². The number of pyridine rings is 1. The summed E-state index contributed by atoms with van der Waals surface area (Å²) in [5.74, 6) is -1.71. The summed E-state index contributed by atoms with van der Waals surface area (Å²) in [6.07, 6.45) is 6.80. The molecule has 7 nitrogen and oxygen atoms in total. The third kappa shape index (κ3) is 6.14. The van der Waals surface area contributed by atoms with Gasteiger partial charge in [-0.2, -0.15) is 0 Å². The molecule has 0 spiro atoms. The number of sulfone groups is 1. The first-order valence-electron chi connectivity index (χ1n) is 11.5. The lowest BCUT2D eigenvalue weighted by Gasteiger charge is -2.19. The Morgan fingerprint density at radius 2 is 1.64 bits per heavy atom. The highest BCUT2D eigenvalue weighted by Crippen LogP contribution is 2.28. The topological polar surface area (TPSA) is 113 Å². The van der Waals surface area contributed by atoms with E-state index in [9.17, 15) is 23.1 Å². The molecule has 1 aliphatic carbocycles. The van der Waals surface area contributed by atoms with Crippen LogP contribution in [0.5, 0.6) is 0 Å². The second kappa shape index (κ2) is 10.7. The van der Waals surface area contributed by atoms with E-state index in [1.54, 1.807) is 24.3 Å². The van der Waals surface area contributed by atoms with E-state index < -0.39 is 27.8 Å². The van der Waals surface area contributed by atoms with E-state index in [1.807, 2.05) is 42.5 Å². The fraction of sp³-hybridized carbons (Fsp3) is 0.179. The Kier molecular flexibility index (Phi) is 7.45. The van der Waals surface area contributed by atoms with Gasteiger partial charge in [-0.1, -0.05) is 66.3 Å². The molecule has 1 aromatic heterocycles. The number of rotatable bonds is 8. The largest absolute Gasteiger partial charge is 0.480 e. The summed E-state index contributed by atoms with van der Waals surface area (Å²) < 4.78 is 23.4. The molecule has 3 aromatic rings. The van der Waals surface area contributed by atoms with Crippen molar-refractivity contribution in [3.05, 3.63) is 102 Å². The SMILES string of the molecule is CS(=O)(=O)c1ccc(-c2cccc(C(=O)N[C@@H](CC3=CC=C(c4ccccc4)CC3)C(=O)O)n2)cc1. The Balaban J connectivity index is 1.46. The Morgan fingerprint density at radius 3 is 2.25 bits per heavy atom. The molecule has 36 heavy (non-hydrogen) atoms. The average molecular weight is 503 g/mol. The van der Waals surface area contributed by atoms with E-state index in [0.29, 0.717) is 11.3 Å². The van der Waals surface area contributed by atoms with E-state index in [1.165, 1.54) is 23.8 Å². The Morgan fingerprint density at radius 1 is 0.917 bits per heavy atom. The standard InChI is InChI=1S/C28H26N2O5S/c1-36(34,35)23-16-14-22(15-17-23)24-8-5-9-25(29-24)27(31)30-26(28(32)33)18-19-10-12-21(13-11-19)20-6-3-2-4-7-20/h2-10,12,14-17,26H,11,13,18H2,1H3,(H,30,31)(H,32,33)/t26-/m0/s1. The fourth-order valence-electron chi connectivity index (χ4n) is 4.03. The number of carbonyl (C=O) groups excluding carboxylic acids is 1. The second-order valence-corrected chi connectivity index (χ2v) is 10.7. The van der Waals surface area contributed by atoms with Crippen LogP contribution in [0, 0.1) is 0 Å². The summed E-state index contributed by atoms with van der Waals surface area (Å²) in [6.45, 7) is 0. The van der Waals surface area contributed by atoms with Gasteiger partial charge in [0.1, 0.15) is 11.7 Å². The van der Waals surface area contributed by atoms with Gasteiger partial charge in [-0.05, 0) is 54.7 Å². The van der Waals surface area contributed by atoms with Gasteiger partial charge in [0.05, 0.1) is 10.6 Å². The Hall–Kier alpha value is -4.04. The van der Waals surface area contributed by atoms with E-state index in [4.69, 9.17) is 0 Å². The summed E-state index contributed by atoms with van der Waals surface area (Å²) in [7, 11) is -3.32. The minimum absolute atomic E-state index is 0.0785. The molecule has 0 saturated heterocycles. The van der Waals surface area contributed by atoms with Crippen molar-refractivity contribution in [2.24, 2.45) is 0 Å². The lowest BCUT2D eigenvalue weighted by molar-refractivity contribution is -0.139. The Labute approximate surface area is 210 Å². The zero-order valence-corrected chi connectivity index (χ0v) is 20.5. The van der Waals surface area contributed by atoms with Crippen molar-refractivity contribution in [2.45, 2.75) is 30.2 Å². The molecule has 0 fully saturated rings. The maximum absolute atomic E-state index is 12.9. The predicted molar refractivity (Wildman–Crippen MR) is 138 cm³/mol. The van der Waals surface area contributed by atoms with Crippen molar-refractivity contribution in [3.63, 3.8) is 0 Å². The molecule has 0 bridgehead atoms. The van der Waals surface area contributed by atoms with Gasteiger partial charge < -0.3 is 10.4 Å². The van der Waals surface area contributed by atoms with Crippen LogP contribution < -0.4 is 5.32 Å². The molecule has 8 heteroatoms. The number of nitrogens with one attached hydrogen (secondary N) is 1. The molecule has 1 amide bonds. The molecule has 0 aliphatic heterocycles.